The van der Waals surface area contributed by atoms with Crippen LogP contribution in [0.3, 0.4) is 0 Å². The molecule has 1 fully saturated rings. The van der Waals surface area contributed by atoms with Crippen molar-refractivity contribution in [2.75, 3.05) is 25.0 Å². The van der Waals surface area contributed by atoms with Crippen molar-refractivity contribution in [1.82, 2.24) is 15.3 Å². The van der Waals surface area contributed by atoms with Crippen LogP contribution in [0, 0.1) is 0 Å². The maximum Gasteiger partial charge on any atom is 0.271 e. The summed E-state index contributed by atoms with van der Waals surface area (Å²) in [4.78, 5) is 21.1. The zero-order chi connectivity index (χ0) is 10.8. The van der Waals surface area contributed by atoms with Crippen LogP contribution in [-0.4, -0.2) is 42.1 Å². The highest BCUT2D eigenvalue weighted by atomic mass is 16.1. The van der Waals surface area contributed by atoms with E-state index in [4.69, 9.17) is 5.73 Å². The Labute approximate surface area is 87.5 Å². The Morgan fingerprint density at radius 2 is 2.20 bits per heavy atom. The number of likely N-dealkylation sites (N-methyl/N-ethyl adjacent to an activating group) is 1. The summed E-state index contributed by atoms with van der Waals surface area (Å²) in [6.07, 6.45) is 3.03. The molecule has 0 radical (unpaired) electrons. The average molecular weight is 207 g/mol. The molecule has 0 spiro atoms. The summed E-state index contributed by atoms with van der Waals surface area (Å²) in [7, 11) is 1.89. The summed E-state index contributed by atoms with van der Waals surface area (Å²) in [6.45, 7) is 1.79. The topological polar surface area (TPSA) is 84.1 Å². The molecule has 2 rings (SSSR count). The summed E-state index contributed by atoms with van der Waals surface area (Å²) in [5.74, 6) is 0.00809. The zero-order valence-corrected chi connectivity index (χ0v) is 8.47. The van der Waals surface area contributed by atoms with Crippen molar-refractivity contribution in [1.29, 1.82) is 0 Å². The number of carbonyl (C=O) groups excluding carboxylic acids is 1. The molecule has 1 aromatic rings. The molecule has 0 atom stereocenters. The van der Waals surface area contributed by atoms with Crippen molar-refractivity contribution >= 4 is 11.7 Å². The van der Waals surface area contributed by atoms with Gasteiger partial charge in [0.1, 0.15) is 0 Å². The van der Waals surface area contributed by atoms with Crippen molar-refractivity contribution in [3.05, 3.63) is 18.1 Å². The highest BCUT2D eigenvalue weighted by Crippen LogP contribution is 2.16. The molecule has 3 N–H and O–H groups in total. The maximum absolute atomic E-state index is 11.1. The zero-order valence-electron chi connectivity index (χ0n) is 8.47. The summed E-state index contributed by atoms with van der Waals surface area (Å²) in [5.41, 5.74) is 5.46. The molecular weight excluding hydrogens is 194 g/mol. The van der Waals surface area contributed by atoms with Gasteiger partial charge >= 0.3 is 0 Å². The minimum absolute atomic E-state index is 0.229. The first kappa shape index (κ1) is 9.85. The minimum Gasteiger partial charge on any atom is -0.364 e. The van der Waals surface area contributed by atoms with Crippen molar-refractivity contribution in [3.8, 4) is 0 Å². The number of hydrogen-bond acceptors (Lipinski definition) is 5. The van der Waals surface area contributed by atoms with Gasteiger partial charge in [0.05, 0.1) is 6.04 Å². The fourth-order valence-corrected chi connectivity index (χ4v) is 1.48. The smallest absolute Gasteiger partial charge is 0.271 e. The lowest BCUT2D eigenvalue weighted by atomic mass is 10.1. The summed E-state index contributed by atoms with van der Waals surface area (Å²) in [5, 5.41) is 3.15. The SMILES string of the molecule is CN(c1nccnc1C(N)=O)C1CNC1. The minimum atomic E-state index is -0.544. The molecule has 1 amide bonds. The van der Waals surface area contributed by atoms with Gasteiger partial charge in [-0.15, -0.1) is 0 Å². The first-order valence-corrected chi connectivity index (χ1v) is 4.74. The van der Waals surface area contributed by atoms with Gasteiger partial charge < -0.3 is 16.0 Å². The number of hydrogen-bond donors (Lipinski definition) is 2. The first-order valence-electron chi connectivity index (χ1n) is 4.74. The number of amides is 1. The molecule has 1 aliphatic heterocycles. The molecule has 0 bridgehead atoms. The highest BCUT2D eigenvalue weighted by Gasteiger charge is 2.25. The van der Waals surface area contributed by atoms with Crippen LogP contribution in [0.2, 0.25) is 0 Å². The normalized spacial score (nSPS) is 15.8. The van der Waals surface area contributed by atoms with Crippen LogP contribution >= 0.6 is 0 Å². The van der Waals surface area contributed by atoms with E-state index >= 15 is 0 Å². The van der Waals surface area contributed by atoms with E-state index in [9.17, 15) is 4.79 Å². The van der Waals surface area contributed by atoms with Crippen molar-refractivity contribution < 1.29 is 4.79 Å². The van der Waals surface area contributed by atoms with E-state index in [0.29, 0.717) is 11.9 Å². The number of nitrogens with one attached hydrogen (secondary N) is 1. The predicted molar refractivity (Wildman–Crippen MR) is 55.6 cm³/mol. The predicted octanol–water partition coefficient (Wildman–Crippen LogP) is -1.02. The monoisotopic (exact) mass is 207 g/mol. The fourth-order valence-electron chi connectivity index (χ4n) is 1.48. The lowest BCUT2D eigenvalue weighted by Crippen LogP contribution is -2.56. The third kappa shape index (κ3) is 1.75. The van der Waals surface area contributed by atoms with Crippen LogP contribution in [-0.2, 0) is 0 Å². The summed E-state index contributed by atoms with van der Waals surface area (Å²) in [6, 6.07) is 0.361. The van der Waals surface area contributed by atoms with E-state index in [-0.39, 0.29) is 5.69 Å². The first-order chi connectivity index (χ1) is 7.20. The standard InChI is InChI=1S/C9H13N5O/c1-14(6-4-11-5-6)9-7(8(10)15)12-2-3-13-9/h2-3,6,11H,4-5H2,1H3,(H2,10,15). The van der Waals surface area contributed by atoms with Gasteiger partial charge in [-0.2, -0.15) is 0 Å². The van der Waals surface area contributed by atoms with Gasteiger partial charge in [0, 0.05) is 32.5 Å². The van der Waals surface area contributed by atoms with Gasteiger partial charge in [0.25, 0.3) is 5.91 Å². The second-order valence-corrected chi connectivity index (χ2v) is 3.52. The number of nitrogens with zero attached hydrogens (tertiary/aromatic N) is 3. The van der Waals surface area contributed by atoms with Gasteiger partial charge in [-0.05, 0) is 0 Å². The Balaban J connectivity index is 2.29. The number of anilines is 1. The molecule has 1 aromatic heterocycles. The molecule has 0 aliphatic carbocycles. The van der Waals surface area contributed by atoms with Crippen LogP contribution in [0.25, 0.3) is 0 Å². The highest BCUT2D eigenvalue weighted by molar-refractivity contribution is 5.95. The van der Waals surface area contributed by atoms with Gasteiger partial charge in [0.2, 0.25) is 0 Å². The third-order valence-corrected chi connectivity index (χ3v) is 2.55. The van der Waals surface area contributed by atoms with Crippen molar-refractivity contribution in [3.63, 3.8) is 0 Å². The Bertz CT molecular complexity index is 377. The number of aromatic nitrogens is 2. The number of carbonyl (C=O) groups is 1. The average Bonchev–Trinajstić information content (AvgIpc) is 2.15. The van der Waals surface area contributed by atoms with Gasteiger partial charge in [-0.1, -0.05) is 0 Å². The molecule has 1 aliphatic rings. The molecule has 0 saturated carbocycles. The van der Waals surface area contributed by atoms with Crippen LogP contribution in [0.1, 0.15) is 10.5 Å². The van der Waals surface area contributed by atoms with Gasteiger partial charge in [-0.25, -0.2) is 9.97 Å². The molecule has 0 unspecified atom stereocenters. The van der Waals surface area contributed by atoms with Gasteiger partial charge in [0.15, 0.2) is 11.5 Å². The number of primary amides is 1. The van der Waals surface area contributed by atoms with Crippen LogP contribution in [0.5, 0.6) is 0 Å². The lowest BCUT2D eigenvalue weighted by molar-refractivity contribution is 0.0995. The largest absolute Gasteiger partial charge is 0.364 e. The van der Waals surface area contributed by atoms with E-state index in [1.807, 2.05) is 11.9 Å². The molecular formula is C9H13N5O. The Morgan fingerprint density at radius 1 is 1.53 bits per heavy atom. The van der Waals surface area contributed by atoms with Crippen LogP contribution in [0.4, 0.5) is 5.82 Å². The lowest BCUT2D eigenvalue weighted by Gasteiger charge is -2.36. The molecule has 0 aromatic carbocycles. The van der Waals surface area contributed by atoms with Gasteiger partial charge in [-0.3, -0.25) is 4.79 Å². The summed E-state index contributed by atoms with van der Waals surface area (Å²) >= 11 is 0. The molecule has 15 heavy (non-hydrogen) atoms. The molecule has 1 saturated heterocycles. The van der Waals surface area contributed by atoms with Crippen molar-refractivity contribution in [2.45, 2.75) is 6.04 Å². The fraction of sp³-hybridized carbons (Fsp3) is 0.444. The Morgan fingerprint density at radius 3 is 2.73 bits per heavy atom. The molecule has 6 heteroatoms. The van der Waals surface area contributed by atoms with E-state index in [1.54, 1.807) is 6.20 Å². The summed E-state index contributed by atoms with van der Waals surface area (Å²) < 4.78 is 0. The second kappa shape index (κ2) is 3.82. The number of nitrogens with two attached hydrogens (primary N) is 1. The maximum atomic E-state index is 11.1. The van der Waals surface area contributed by atoms with E-state index in [1.165, 1.54) is 6.20 Å². The Hall–Kier alpha value is -1.69. The van der Waals surface area contributed by atoms with Crippen LogP contribution < -0.4 is 16.0 Å². The Kier molecular flexibility index (Phi) is 2.51. The molecule has 80 valence electrons. The second-order valence-electron chi connectivity index (χ2n) is 3.52. The number of rotatable bonds is 3. The quantitative estimate of drug-likeness (QED) is 0.663. The van der Waals surface area contributed by atoms with E-state index in [0.717, 1.165) is 13.1 Å². The van der Waals surface area contributed by atoms with E-state index < -0.39 is 5.91 Å². The van der Waals surface area contributed by atoms with E-state index in [2.05, 4.69) is 15.3 Å². The molecule has 6 nitrogen and oxygen atoms in total. The van der Waals surface area contributed by atoms with Crippen molar-refractivity contribution in [2.24, 2.45) is 5.73 Å². The van der Waals surface area contributed by atoms with Crippen LogP contribution in [0.15, 0.2) is 12.4 Å². The molecule has 2 heterocycles. The third-order valence-electron chi connectivity index (χ3n) is 2.55.